The van der Waals surface area contributed by atoms with Gasteiger partial charge in [-0.2, -0.15) is 5.10 Å². The molecule has 2 heterocycles. The summed E-state index contributed by atoms with van der Waals surface area (Å²) in [6.45, 7) is 1.49. The number of rotatable bonds is 5. The zero-order valence-corrected chi connectivity index (χ0v) is 13.1. The largest absolute Gasteiger partial charge is 0.481 e. The van der Waals surface area contributed by atoms with Crippen LogP contribution < -0.4 is 10.1 Å². The van der Waals surface area contributed by atoms with Gasteiger partial charge in [-0.3, -0.25) is 4.79 Å². The minimum absolute atomic E-state index is 0.0567. The molecule has 3 aromatic rings. The highest BCUT2D eigenvalue weighted by molar-refractivity contribution is 5.94. The maximum Gasteiger partial charge on any atom is 0.265 e. The monoisotopic (exact) mass is 345 g/mol. The number of pyridine rings is 1. The molecule has 0 saturated heterocycles. The van der Waals surface area contributed by atoms with Crippen molar-refractivity contribution in [1.29, 1.82) is 0 Å². The van der Waals surface area contributed by atoms with Crippen LogP contribution in [0.1, 0.15) is 6.92 Å². The van der Waals surface area contributed by atoms with Crippen LogP contribution in [0.5, 0.6) is 5.75 Å². The number of halogens is 2. The highest BCUT2D eigenvalue weighted by Gasteiger charge is 2.16. The molecule has 1 N–H and O–H groups in total. The number of carbonyl (C=O) groups excluding carboxylic acids is 1. The molecule has 1 aromatic carbocycles. The van der Waals surface area contributed by atoms with Crippen LogP contribution in [0, 0.1) is 11.6 Å². The van der Waals surface area contributed by atoms with Crippen molar-refractivity contribution >= 4 is 11.6 Å². The molecule has 0 aliphatic rings. The lowest BCUT2D eigenvalue weighted by molar-refractivity contribution is -0.122. The van der Waals surface area contributed by atoms with Gasteiger partial charge in [-0.05, 0) is 31.2 Å². The topological polar surface area (TPSA) is 81.9 Å². The maximum atomic E-state index is 13.2. The van der Waals surface area contributed by atoms with Crippen molar-refractivity contribution in [2.45, 2.75) is 13.0 Å². The van der Waals surface area contributed by atoms with E-state index in [4.69, 9.17) is 4.74 Å². The van der Waals surface area contributed by atoms with E-state index in [2.05, 4.69) is 20.4 Å². The smallest absolute Gasteiger partial charge is 0.265 e. The van der Waals surface area contributed by atoms with Crippen molar-refractivity contribution in [3.63, 3.8) is 0 Å². The number of hydrogen-bond donors (Lipinski definition) is 1. The van der Waals surface area contributed by atoms with Crippen molar-refractivity contribution in [3.8, 4) is 11.6 Å². The van der Waals surface area contributed by atoms with Gasteiger partial charge >= 0.3 is 0 Å². The van der Waals surface area contributed by atoms with E-state index >= 15 is 0 Å². The molecule has 128 valence electrons. The van der Waals surface area contributed by atoms with E-state index in [0.717, 1.165) is 12.1 Å². The van der Waals surface area contributed by atoms with Gasteiger partial charge in [0.15, 0.2) is 23.6 Å². The number of ether oxygens (including phenoxy) is 1. The molecule has 0 aliphatic carbocycles. The van der Waals surface area contributed by atoms with Crippen LogP contribution in [0.3, 0.4) is 0 Å². The van der Waals surface area contributed by atoms with Gasteiger partial charge in [0, 0.05) is 6.07 Å². The van der Waals surface area contributed by atoms with Crippen LogP contribution in [0.25, 0.3) is 5.82 Å². The Morgan fingerprint density at radius 3 is 2.72 bits per heavy atom. The number of nitrogens with one attached hydrogen (secondary N) is 1. The highest BCUT2D eigenvalue weighted by Crippen LogP contribution is 2.17. The Bertz CT molecular complexity index is 869. The normalized spacial score (nSPS) is 11.8. The summed E-state index contributed by atoms with van der Waals surface area (Å²) in [5.41, 5.74) is 0.453. The fraction of sp³-hybridized carbons (Fsp3) is 0.125. The third-order valence-electron chi connectivity index (χ3n) is 3.24. The molecule has 0 bridgehead atoms. The minimum atomic E-state index is -1.04. The Labute approximate surface area is 141 Å². The Hall–Kier alpha value is -3.36. The van der Waals surface area contributed by atoms with E-state index in [-0.39, 0.29) is 5.75 Å². The van der Waals surface area contributed by atoms with Crippen molar-refractivity contribution in [2.75, 3.05) is 5.32 Å². The molecule has 3 rings (SSSR count). The molecule has 1 amide bonds. The first-order valence-electron chi connectivity index (χ1n) is 7.26. The first kappa shape index (κ1) is 16.5. The van der Waals surface area contributed by atoms with E-state index in [0.29, 0.717) is 11.5 Å². The Kier molecular flexibility index (Phi) is 4.64. The minimum Gasteiger partial charge on any atom is -0.481 e. The van der Waals surface area contributed by atoms with Gasteiger partial charge in [0.05, 0.1) is 11.9 Å². The van der Waals surface area contributed by atoms with Crippen molar-refractivity contribution < 1.29 is 18.3 Å². The average molecular weight is 345 g/mol. The highest BCUT2D eigenvalue weighted by atomic mass is 19.2. The molecule has 9 heteroatoms. The number of hydrogen-bond acceptors (Lipinski definition) is 5. The SMILES string of the molecule is C[C@@H](Oc1ccc(F)c(F)c1)C(=O)Nc1ccc(-n2cncn2)nc1. The first-order valence-corrected chi connectivity index (χ1v) is 7.26. The van der Waals surface area contributed by atoms with Crippen molar-refractivity contribution in [3.05, 3.63) is 60.8 Å². The van der Waals surface area contributed by atoms with Gasteiger partial charge < -0.3 is 10.1 Å². The van der Waals surface area contributed by atoms with Gasteiger partial charge in [-0.25, -0.2) is 23.4 Å². The zero-order valence-electron chi connectivity index (χ0n) is 13.1. The van der Waals surface area contributed by atoms with Gasteiger partial charge in [0.25, 0.3) is 5.91 Å². The number of nitrogens with zero attached hydrogens (tertiary/aromatic N) is 4. The third-order valence-corrected chi connectivity index (χ3v) is 3.24. The van der Waals surface area contributed by atoms with E-state index in [1.165, 1.54) is 36.5 Å². The van der Waals surface area contributed by atoms with Gasteiger partial charge in [-0.1, -0.05) is 0 Å². The molecular weight excluding hydrogens is 332 g/mol. The summed E-state index contributed by atoms with van der Waals surface area (Å²) in [4.78, 5) is 20.1. The van der Waals surface area contributed by atoms with Crippen LogP contribution in [-0.2, 0) is 4.79 Å². The quantitative estimate of drug-likeness (QED) is 0.768. The fourth-order valence-electron chi connectivity index (χ4n) is 1.97. The second kappa shape index (κ2) is 7.04. The molecule has 0 unspecified atom stereocenters. The molecule has 1 atom stereocenters. The Morgan fingerprint density at radius 2 is 2.08 bits per heavy atom. The number of aromatic nitrogens is 4. The van der Waals surface area contributed by atoms with Crippen molar-refractivity contribution in [2.24, 2.45) is 0 Å². The lowest BCUT2D eigenvalue weighted by atomic mass is 10.3. The first-order chi connectivity index (χ1) is 12.0. The molecule has 2 aromatic heterocycles. The lowest BCUT2D eigenvalue weighted by Gasteiger charge is -2.15. The molecule has 0 saturated carbocycles. The predicted molar refractivity (Wildman–Crippen MR) is 84.2 cm³/mol. The standard InChI is InChI=1S/C16H13F2N5O2/c1-10(25-12-3-4-13(17)14(18)6-12)16(24)22-11-2-5-15(20-7-11)23-9-19-8-21-23/h2-10H,1H3,(H,22,24)/t10-/m1/s1. The summed E-state index contributed by atoms with van der Waals surface area (Å²) in [5.74, 6) is -1.89. The number of carbonyl (C=O) groups is 1. The summed E-state index contributed by atoms with van der Waals surface area (Å²) in [7, 11) is 0. The zero-order chi connectivity index (χ0) is 17.8. The summed E-state index contributed by atoms with van der Waals surface area (Å²) < 4.78 is 32.8. The summed E-state index contributed by atoms with van der Waals surface area (Å²) >= 11 is 0. The Balaban J connectivity index is 1.62. The summed E-state index contributed by atoms with van der Waals surface area (Å²) in [5, 5.41) is 6.56. The van der Waals surface area contributed by atoms with Crippen molar-refractivity contribution in [1.82, 2.24) is 19.7 Å². The predicted octanol–water partition coefficient (Wildman–Crippen LogP) is 2.35. The molecule has 0 fully saturated rings. The Morgan fingerprint density at radius 1 is 1.24 bits per heavy atom. The van der Waals surface area contributed by atoms with Gasteiger partial charge in [0.2, 0.25) is 0 Å². The van der Waals surface area contributed by atoms with Crippen LogP contribution >= 0.6 is 0 Å². The second-order valence-corrected chi connectivity index (χ2v) is 5.07. The molecular formula is C16H13F2N5O2. The van der Waals surface area contributed by atoms with E-state index in [1.54, 1.807) is 12.1 Å². The van der Waals surface area contributed by atoms with Crippen LogP contribution in [0.15, 0.2) is 49.2 Å². The van der Waals surface area contributed by atoms with Crippen LogP contribution in [0.2, 0.25) is 0 Å². The summed E-state index contributed by atoms with van der Waals surface area (Å²) in [6.07, 6.45) is 3.42. The lowest BCUT2D eigenvalue weighted by Crippen LogP contribution is -2.30. The molecule has 7 nitrogen and oxygen atoms in total. The number of anilines is 1. The van der Waals surface area contributed by atoms with E-state index in [1.807, 2.05) is 0 Å². The molecule has 0 aliphatic heterocycles. The van der Waals surface area contributed by atoms with Gasteiger partial charge in [-0.15, -0.1) is 0 Å². The number of amides is 1. The molecule has 25 heavy (non-hydrogen) atoms. The average Bonchev–Trinajstić information content (AvgIpc) is 3.13. The maximum absolute atomic E-state index is 13.2. The van der Waals surface area contributed by atoms with Crippen LogP contribution in [-0.4, -0.2) is 31.8 Å². The van der Waals surface area contributed by atoms with E-state index in [9.17, 15) is 13.6 Å². The van der Waals surface area contributed by atoms with Gasteiger partial charge in [0.1, 0.15) is 18.4 Å². The molecule has 0 radical (unpaired) electrons. The van der Waals surface area contributed by atoms with Crippen LogP contribution in [0.4, 0.5) is 14.5 Å². The second-order valence-electron chi connectivity index (χ2n) is 5.07. The number of benzene rings is 1. The van der Waals surface area contributed by atoms with E-state index < -0.39 is 23.6 Å². The molecule has 0 spiro atoms. The third kappa shape index (κ3) is 3.94. The summed E-state index contributed by atoms with van der Waals surface area (Å²) in [6, 6.07) is 6.36. The fourth-order valence-corrected chi connectivity index (χ4v) is 1.97.